The van der Waals surface area contributed by atoms with Gasteiger partial charge in [-0.15, -0.1) is 0 Å². The van der Waals surface area contributed by atoms with Crippen LogP contribution in [0.15, 0.2) is 46.0 Å². The molecular formula is C23H27BrN4O6. The number of rotatable bonds is 10. The largest absolute Gasteiger partial charge is 0.494 e. The molecule has 0 fully saturated rings. The van der Waals surface area contributed by atoms with Crippen molar-refractivity contribution in [2.24, 2.45) is 5.10 Å². The molecule has 10 nitrogen and oxygen atoms in total. The van der Waals surface area contributed by atoms with Crippen molar-refractivity contribution in [3.63, 3.8) is 0 Å². The second-order valence-electron chi connectivity index (χ2n) is 7.16. The Morgan fingerprint density at radius 2 is 1.79 bits per heavy atom. The monoisotopic (exact) mass is 534 g/mol. The van der Waals surface area contributed by atoms with E-state index in [-0.39, 0.29) is 18.6 Å². The number of methoxy groups -OCH3 is 1. The van der Waals surface area contributed by atoms with Crippen LogP contribution in [0, 0.1) is 0 Å². The minimum Gasteiger partial charge on any atom is -0.494 e. The van der Waals surface area contributed by atoms with E-state index in [9.17, 15) is 14.4 Å². The molecule has 0 radical (unpaired) electrons. The molecule has 0 saturated heterocycles. The summed E-state index contributed by atoms with van der Waals surface area (Å²) in [4.78, 5) is 35.6. The third-order valence-electron chi connectivity index (χ3n) is 4.05. The van der Waals surface area contributed by atoms with Crippen molar-refractivity contribution in [1.82, 2.24) is 10.7 Å². The Morgan fingerprint density at radius 1 is 1.09 bits per heavy atom. The predicted molar refractivity (Wildman–Crippen MR) is 131 cm³/mol. The lowest BCUT2D eigenvalue weighted by Gasteiger charge is -2.13. The molecular weight excluding hydrogens is 508 g/mol. The first-order chi connectivity index (χ1) is 16.2. The van der Waals surface area contributed by atoms with Crippen molar-refractivity contribution in [2.75, 3.05) is 25.6 Å². The molecule has 2 aromatic rings. The van der Waals surface area contributed by atoms with Crippen molar-refractivity contribution < 1.29 is 28.6 Å². The van der Waals surface area contributed by atoms with Gasteiger partial charge < -0.3 is 24.8 Å². The highest BCUT2D eigenvalue weighted by Crippen LogP contribution is 2.36. The van der Waals surface area contributed by atoms with Gasteiger partial charge in [-0.05, 0) is 78.7 Å². The molecule has 2 rings (SSSR count). The van der Waals surface area contributed by atoms with Gasteiger partial charge in [-0.2, -0.15) is 5.10 Å². The molecule has 3 N–H and O–H groups in total. The summed E-state index contributed by atoms with van der Waals surface area (Å²) < 4.78 is 16.9. The highest BCUT2D eigenvalue weighted by Gasteiger charge is 2.15. The average molecular weight is 535 g/mol. The van der Waals surface area contributed by atoms with Gasteiger partial charge in [-0.25, -0.2) is 5.43 Å². The number of hydrogen-bond donors (Lipinski definition) is 3. The minimum absolute atomic E-state index is 0.169. The number of nitrogens with one attached hydrogen (secondary N) is 3. The summed E-state index contributed by atoms with van der Waals surface area (Å²) in [7, 11) is 1.45. The number of carbonyl (C=O) groups excluding carboxylic acids is 3. The Labute approximate surface area is 206 Å². The Balaban J connectivity index is 1.97. The molecule has 0 aliphatic rings. The van der Waals surface area contributed by atoms with Gasteiger partial charge in [-0.3, -0.25) is 14.4 Å². The van der Waals surface area contributed by atoms with Crippen LogP contribution in [0.5, 0.6) is 17.2 Å². The molecule has 0 heterocycles. The second kappa shape index (κ2) is 13.2. The van der Waals surface area contributed by atoms with Crippen molar-refractivity contribution in [3.05, 3.63) is 46.4 Å². The number of anilines is 1. The molecule has 2 aromatic carbocycles. The van der Waals surface area contributed by atoms with Gasteiger partial charge in [0, 0.05) is 11.7 Å². The van der Waals surface area contributed by atoms with E-state index >= 15 is 0 Å². The first-order valence-electron chi connectivity index (χ1n) is 10.4. The first kappa shape index (κ1) is 26.7. The molecule has 182 valence electrons. The lowest BCUT2D eigenvalue weighted by Crippen LogP contribution is -2.41. The van der Waals surface area contributed by atoms with Crippen LogP contribution in [0.3, 0.4) is 0 Å². The standard InChI is InChI=1S/C23H27BrN4O6/c1-5-33-17-8-6-16(7-9-17)27-20(29)13-34-21-18(24)10-15(11-19(21)32-4)12-25-28-23(31)22(30)26-14(2)3/h6-12,14H,5,13H2,1-4H3,(H,26,30)(H,27,29)(H,28,31)/b25-12-. The number of halogens is 1. The van der Waals surface area contributed by atoms with Crippen molar-refractivity contribution in [1.29, 1.82) is 0 Å². The Kier molecular flexibility index (Phi) is 10.3. The van der Waals surface area contributed by atoms with E-state index in [1.54, 1.807) is 50.2 Å². The third-order valence-corrected chi connectivity index (χ3v) is 4.64. The van der Waals surface area contributed by atoms with E-state index in [0.717, 1.165) is 0 Å². The number of hydrazone groups is 1. The summed E-state index contributed by atoms with van der Waals surface area (Å²) >= 11 is 3.39. The van der Waals surface area contributed by atoms with E-state index in [4.69, 9.17) is 14.2 Å². The molecule has 0 bridgehead atoms. The smallest absolute Gasteiger partial charge is 0.329 e. The van der Waals surface area contributed by atoms with Crippen LogP contribution in [-0.2, 0) is 14.4 Å². The Bertz CT molecular complexity index is 1040. The summed E-state index contributed by atoms with van der Waals surface area (Å²) in [6.45, 7) is 5.68. The summed E-state index contributed by atoms with van der Waals surface area (Å²) in [5.41, 5.74) is 3.32. The van der Waals surface area contributed by atoms with Crippen LogP contribution in [0.25, 0.3) is 0 Å². The number of carbonyl (C=O) groups is 3. The highest BCUT2D eigenvalue weighted by molar-refractivity contribution is 9.10. The maximum absolute atomic E-state index is 12.3. The van der Waals surface area contributed by atoms with E-state index in [0.29, 0.717) is 39.6 Å². The van der Waals surface area contributed by atoms with Gasteiger partial charge in [0.05, 0.1) is 24.4 Å². The quantitative estimate of drug-likeness (QED) is 0.244. The number of nitrogens with zero attached hydrogens (tertiary/aromatic N) is 1. The van der Waals surface area contributed by atoms with Crippen LogP contribution in [0.2, 0.25) is 0 Å². The minimum atomic E-state index is -0.880. The van der Waals surface area contributed by atoms with Gasteiger partial charge in [-0.1, -0.05) is 0 Å². The zero-order valence-electron chi connectivity index (χ0n) is 19.3. The fraction of sp³-hybridized carbons (Fsp3) is 0.304. The van der Waals surface area contributed by atoms with Gasteiger partial charge in [0.25, 0.3) is 5.91 Å². The van der Waals surface area contributed by atoms with Gasteiger partial charge in [0.2, 0.25) is 0 Å². The van der Waals surface area contributed by atoms with Crippen molar-refractivity contribution in [3.8, 4) is 17.2 Å². The van der Waals surface area contributed by atoms with Gasteiger partial charge in [0.15, 0.2) is 18.1 Å². The molecule has 0 spiro atoms. The summed E-state index contributed by atoms with van der Waals surface area (Å²) in [5.74, 6) is -0.637. The first-order valence-corrected chi connectivity index (χ1v) is 11.2. The zero-order chi connectivity index (χ0) is 25.1. The maximum atomic E-state index is 12.3. The van der Waals surface area contributed by atoms with Crippen molar-refractivity contribution in [2.45, 2.75) is 26.8 Å². The number of amides is 3. The summed E-state index contributed by atoms with van der Waals surface area (Å²) in [6.07, 6.45) is 1.34. The fourth-order valence-corrected chi connectivity index (χ4v) is 3.21. The van der Waals surface area contributed by atoms with E-state index < -0.39 is 11.8 Å². The molecule has 0 unspecified atom stereocenters. The normalized spacial score (nSPS) is 10.6. The number of benzene rings is 2. The molecule has 0 aromatic heterocycles. The molecule has 11 heteroatoms. The maximum Gasteiger partial charge on any atom is 0.329 e. The molecule has 34 heavy (non-hydrogen) atoms. The SMILES string of the molecule is CCOc1ccc(NC(=O)COc2c(Br)cc(/C=N\NC(=O)C(=O)NC(C)C)cc2OC)cc1. The van der Waals surface area contributed by atoms with E-state index in [2.05, 4.69) is 37.1 Å². The molecule has 0 aliphatic carbocycles. The van der Waals surface area contributed by atoms with E-state index in [1.165, 1.54) is 13.3 Å². The van der Waals surface area contributed by atoms with Crippen LogP contribution in [0.4, 0.5) is 5.69 Å². The number of hydrogen-bond acceptors (Lipinski definition) is 7. The average Bonchev–Trinajstić information content (AvgIpc) is 2.79. The van der Waals surface area contributed by atoms with Crippen LogP contribution in [0.1, 0.15) is 26.3 Å². The Hall–Kier alpha value is -3.60. The zero-order valence-corrected chi connectivity index (χ0v) is 20.9. The predicted octanol–water partition coefficient (Wildman–Crippen LogP) is 2.85. The van der Waals surface area contributed by atoms with Crippen molar-refractivity contribution >= 4 is 45.6 Å². The number of ether oxygens (including phenoxy) is 3. The topological polar surface area (TPSA) is 127 Å². The lowest BCUT2D eigenvalue weighted by atomic mass is 10.2. The van der Waals surface area contributed by atoms with Gasteiger partial charge in [0.1, 0.15) is 5.75 Å². The highest BCUT2D eigenvalue weighted by atomic mass is 79.9. The molecule has 0 saturated carbocycles. The Morgan fingerprint density at radius 3 is 2.41 bits per heavy atom. The third kappa shape index (κ3) is 8.39. The summed E-state index contributed by atoms with van der Waals surface area (Å²) in [6, 6.07) is 10.1. The van der Waals surface area contributed by atoms with Crippen LogP contribution < -0.4 is 30.3 Å². The van der Waals surface area contributed by atoms with E-state index in [1.807, 2.05) is 6.92 Å². The van der Waals surface area contributed by atoms with Gasteiger partial charge >= 0.3 is 11.8 Å². The lowest BCUT2D eigenvalue weighted by molar-refractivity contribution is -0.139. The fourth-order valence-electron chi connectivity index (χ4n) is 2.63. The van der Waals surface area contributed by atoms with Crippen LogP contribution in [-0.4, -0.2) is 50.3 Å². The van der Waals surface area contributed by atoms with Crippen LogP contribution >= 0.6 is 15.9 Å². The summed E-state index contributed by atoms with van der Waals surface area (Å²) in [5, 5.41) is 8.98. The molecule has 0 aliphatic heterocycles. The molecule has 3 amide bonds. The second-order valence-corrected chi connectivity index (χ2v) is 8.01. The molecule has 0 atom stereocenters.